The smallest absolute Gasteiger partial charge is 0.308 e. The number of hydrogen-bond acceptors (Lipinski definition) is 2. The maximum atomic E-state index is 14.5. The molecule has 5 aromatic rings. The Balaban J connectivity index is 1.57. The number of amides is 2. The molecule has 0 spiro atoms. The van der Waals surface area contributed by atoms with Crippen molar-refractivity contribution in [2.45, 2.75) is 32.9 Å². The number of halogens is 1. The lowest BCUT2D eigenvalue weighted by Crippen LogP contribution is -2.38. The number of fused-ring (bicyclic) bond motifs is 3. The molecule has 38 heavy (non-hydrogen) atoms. The van der Waals surface area contributed by atoms with Gasteiger partial charge in [0.25, 0.3) is 0 Å². The molecule has 1 atom stereocenters. The molecule has 0 bridgehead atoms. The number of carbonyl (C=O) groups is 1. The molecule has 1 N–H and O–H groups in total. The van der Waals surface area contributed by atoms with Gasteiger partial charge in [-0.3, -0.25) is 0 Å². The number of nitrogens with one attached hydrogen (secondary N) is 1. The fraction of sp³-hybridized carbons (Fsp3) is 0.161. The number of para-hydroxylation sites is 2. The number of hydrogen-bond donors (Lipinski definition) is 1. The van der Waals surface area contributed by atoms with Gasteiger partial charge in [-0.1, -0.05) is 55.5 Å². The van der Waals surface area contributed by atoms with Gasteiger partial charge in [0.1, 0.15) is 11.6 Å². The van der Waals surface area contributed by atoms with Crippen LogP contribution in [0.3, 0.4) is 0 Å². The summed E-state index contributed by atoms with van der Waals surface area (Å²) in [6.45, 7) is 4.34. The average molecular weight is 506 g/mol. The van der Waals surface area contributed by atoms with Crippen LogP contribution in [-0.4, -0.2) is 25.3 Å². The molecule has 1 aliphatic heterocycles. The molecule has 2 aromatic heterocycles. The van der Waals surface area contributed by atoms with Crippen LogP contribution >= 0.6 is 0 Å². The molecular formula is C31H28FN5O. The predicted molar refractivity (Wildman–Crippen MR) is 146 cm³/mol. The third kappa shape index (κ3) is 4.06. The molecule has 2 amide bonds. The van der Waals surface area contributed by atoms with Gasteiger partial charge in [0, 0.05) is 17.4 Å². The second-order valence-electron chi connectivity index (χ2n) is 9.48. The Hall–Kier alpha value is -4.65. The lowest BCUT2D eigenvalue weighted by atomic mass is 10.0. The minimum atomic E-state index is -0.522. The maximum absolute atomic E-state index is 14.5. The van der Waals surface area contributed by atoms with Crippen molar-refractivity contribution in [3.05, 3.63) is 131 Å². The molecule has 6 rings (SSSR count). The Bertz CT molecular complexity index is 1620. The van der Waals surface area contributed by atoms with Gasteiger partial charge < -0.3 is 14.8 Å². The van der Waals surface area contributed by atoms with E-state index in [0.717, 1.165) is 39.7 Å². The van der Waals surface area contributed by atoms with Crippen molar-refractivity contribution in [3.63, 3.8) is 0 Å². The van der Waals surface area contributed by atoms with Crippen molar-refractivity contribution in [2.24, 2.45) is 0 Å². The molecule has 0 saturated carbocycles. The molecule has 6 nitrogen and oxygen atoms in total. The van der Waals surface area contributed by atoms with Gasteiger partial charge in [0.2, 0.25) is 0 Å². The van der Waals surface area contributed by atoms with Crippen LogP contribution in [-0.2, 0) is 13.0 Å². The van der Waals surface area contributed by atoms with Crippen LogP contribution in [0.4, 0.5) is 14.9 Å². The van der Waals surface area contributed by atoms with Crippen LogP contribution in [0, 0.1) is 12.7 Å². The second-order valence-corrected chi connectivity index (χ2v) is 9.48. The van der Waals surface area contributed by atoms with Crippen molar-refractivity contribution in [1.29, 1.82) is 0 Å². The SMILES string of the molecule is CCc1nn(-c2ccccc2)c2c1CN(C(=O)Nc1ccccc1C)[C@H](c1cccc(F)c1)c1cccn1-2. The monoisotopic (exact) mass is 505 g/mol. The van der Waals surface area contributed by atoms with Crippen LogP contribution in [0.5, 0.6) is 0 Å². The van der Waals surface area contributed by atoms with E-state index in [1.807, 2.05) is 90.6 Å². The summed E-state index contributed by atoms with van der Waals surface area (Å²) in [5.74, 6) is 0.548. The first-order valence-electron chi connectivity index (χ1n) is 12.8. The second kappa shape index (κ2) is 9.67. The summed E-state index contributed by atoms with van der Waals surface area (Å²) >= 11 is 0. The molecular weight excluding hydrogens is 477 g/mol. The number of urea groups is 1. The van der Waals surface area contributed by atoms with Crippen molar-refractivity contribution in [2.75, 3.05) is 5.32 Å². The number of rotatable bonds is 4. The summed E-state index contributed by atoms with van der Waals surface area (Å²) in [6, 6.07) is 27.4. The van der Waals surface area contributed by atoms with Gasteiger partial charge in [-0.15, -0.1) is 0 Å². The average Bonchev–Trinajstić information content (AvgIpc) is 3.51. The summed E-state index contributed by atoms with van der Waals surface area (Å²) in [5.41, 5.74) is 6.08. The van der Waals surface area contributed by atoms with Crippen molar-refractivity contribution < 1.29 is 9.18 Å². The summed E-state index contributed by atoms with van der Waals surface area (Å²) < 4.78 is 18.6. The minimum absolute atomic E-state index is 0.260. The Morgan fingerprint density at radius 2 is 1.79 bits per heavy atom. The van der Waals surface area contributed by atoms with E-state index < -0.39 is 6.04 Å². The highest BCUT2D eigenvalue weighted by Gasteiger charge is 2.36. The van der Waals surface area contributed by atoms with E-state index in [4.69, 9.17) is 5.10 Å². The standard InChI is InChI=1S/C31H28FN5O/c1-3-26-25-20-36(31(38)33-27-16-8-7-11-21(27)2)29(22-12-9-13-23(32)19-22)28-17-10-18-35(28)30(25)37(34-26)24-14-5-4-6-15-24/h4-19,29H,3,20H2,1-2H3,(H,33,38)/t29-/m1/s1. The Labute approximate surface area is 221 Å². The molecule has 190 valence electrons. The zero-order valence-corrected chi connectivity index (χ0v) is 21.3. The van der Waals surface area contributed by atoms with Crippen molar-refractivity contribution >= 4 is 11.7 Å². The van der Waals surface area contributed by atoms with Crippen LogP contribution < -0.4 is 5.32 Å². The van der Waals surface area contributed by atoms with E-state index in [1.54, 1.807) is 11.0 Å². The number of aromatic nitrogens is 3. The molecule has 3 heterocycles. The molecule has 1 aliphatic rings. The van der Waals surface area contributed by atoms with Crippen molar-refractivity contribution in [1.82, 2.24) is 19.2 Å². The van der Waals surface area contributed by atoms with Gasteiger partial charge in [-0.25, -0.2) is 13.9 Å². The van der Waals surface area contributed by atoms with Gasteiger partial charge in [-0.05, 0) is 66.9 Å². The molecule has 0 fully saturated rings. The maximum Gasteiger partial charge on any atom is 0.322 e. The Kier molecular flexibility index (Phi) is 6.04. The Morgan fingerprint density at radius 3 is 2.55 bits per heavy atom. The topological polar surface area (TPSA) is 55.1 Å². The largest absolute Gasteiger partial charge is 0.322 e. The van der Waals surface area contributed by atoms with Crippen molar-refractivity contribution in [3.8, 4) is 11.5 Å². The fourth-order valence-corrected chi connectivity index (χ4v) is 5.28. The zero-order valence-electron chi connectivity index (χ0n) is 21.3. The number of nitrogens with zero attached hydrogens (tertiary/aromatic N) is 4. The normalized spacial score (nSPS) is 14.5. The third-order valence-corrected chi connectivity index (χ3v) is 7.12. The first-order chi connectivity index (χ1) is 18.5. The van der Waals surface area contributed by atoms with E-state index in [9.17, 15) is 9.18 Å². The highest BCUT2D eigenvalue weighted by atomic mass is 19.1. The van der Waals surface area contributed by atoms with Crippen LogP contribution in [0.1, 0.15) is 41.0 Å². The highest BCUT2D eigenvalue weighted by molar-refractivity contribution is 5.91. The number of anilines is 1. The van der Waals surface area contributed by atoms with E-state index in [-0.39, 0.29) is 11.8 Å². The molecule has 0 unspecified atom stereocenters. The zero-order chi connectivity index (χ0) is 26.2. The molecule has 3 aromatic carbocycles. The van der Waals surface area contributed by atoms with E-state index >= 15 is 0 Å². The Morgan fingerprint density at radius 1 is 1.00 bits per heavy atom. The van der Waals surface area contributed by atoms with Crippen LogP contribution in [0.15, 0.2) is 97.2 Å². The molecule has 0 aliphatic carbocycles. The highest BCUT2D eigenvalue weighted by Crippen LogP contribution is 2.39. The first kappa shape index (κ1) is 23.7. The number of carbonyl (C=O) groups excluding carboxylic acids is 1. The first-order valence-corrected chi connectivity index (χ1v) is 12.8. The van der Waals surface area contributed by atoms with Gasteiger partial charge >= 0.3 is 6.03 Å². The lowest BCUT2D eigenvalue weighted by molar-refractivity contribution is 0.194. The lowest BCUT2D eigenvalue weighted by Gasteiger charge is -2.31. The van der Waals surface area contributed by atoms with Crippen LogP contribution in [0.2, 0.25) is 0 Å². The summed E-state index contributed by atoms with van der Waals surface area (Å²) in [6.07, 6.45) is 2.69. The molecule has 7 heteroatoms. The van der Waals surface area contributed by atoms with Gasteiger partial charge in [0.15, 0.2) is 0 Å². The minimum Gasteiger partial charge on any atom is -0.308 e. The fourth-order valence-electron chi connectivity index (χ4n) is 5.28. The number of aryl methyl sites for hydroxylation is 2. The van der Waals surface area contributed by atoms with Crippen LogP contribution in [0.25, 0.3) is 11.5 Å². The summed E-state index contributed by atoms with van der Waals surface area (Å²) in [7, 11) is 0. The van der Waals surface area contributed by atoms with E-state index in [1.165, 1.54) is 12.1 Å². The van der Waals surface area contributed by atoms with E-state index in [0.29, 0.717) is 18.5 Å². The molecule has 0 saturated heterocycles. The van der Waals surface area contributed by atoms with Gasteiger partial charge in [-0.2, -0.15) is 5.10 Å². The quantitative estimate of drug-likeness (QED) is 0.292. The van der Waals surface area contributed by atoms with Gasteiger partial charge in [0.05, 0.1) is 29.7 Å². The predicted octanol–water partition coefficient (Wildman–Crippen LogP) is 6.81. The molecule has 0 radical (unpaired) electrons. The number of benzene rings is 3. The summed E-state index contributed by atoms with van der Waals surface area (Å²) in [4.78, 5) is 15.8. The van der Waals surface area contributed by atoms with E-state index in [2.05, 4.69) is 16.8 Å². The summed E-state index contributed by atoms with van der Waals surface area (Å²) in [5, 5.41) is 8.09. The third-order valence-electron chi connectivity index (χ3n) is 7.12.